The standard InChI is InChI=1S/C25H32N4O3.C10H12O4/c1-16-21(20-8-7-13-32-20)27-29(23(16)31)19-11-9-17(10-12-19)22(30)26-18-14-24(2,3)28(6)25(4,5)15-18;1-3-13-10(12)7(2)9(11)8-5-4-6-14-8/h7-13,18,27H,14-15H2,1-6H3,(H,26,30);4-7H,3H2,1-2H3. The minimum Gasteiger partial charge on any atom is -0.465 e. The fraction of sp³-hybridized carbons (Fsp3) is 0.429. The molecule has 5 rings (SSSR count). The van der Waals surface area contributed by atoms with Crippen molar-refractivity contribution >= 4 is 17.7 Å². The summed E-state index contributed by atoms with van der Waals surface area (Å²) in [6.45, 7) is 14.1. The smallest absolute Gasteiger partial charge is 0.316 e. The first-order chi connectivity index (χ1) is 21.7. The maximum absolute atomic E-state index is 12.9. The van der Waals surface area contributed by atoms with Crippen molar-refractivity contribution in [3.63, 3.8) is 0 Å². The highest BCUT2D eigenvalue weighted by Crippen LogP contribution is 2.37. The zero-order valence-electron chi connectivity index (χ0n) is 27.8. The number of aromatic nitrogens is 2. The van der Waals surface area contributed by atoms with E-state index in [0.717, 1.165) is 12.8 Å². The normalized spacial score (nSPS) is 16.6. The highest BCUT2D eigenvalue weighted by molar-refractivity contribution is 6.06. The van der Waals surface area contributed by atoms with Crippen LogP contribution in [0.2, 0.25) is 0 Å². The minimum atomic E-state index is -0.805. The number of amides is 1. The number of rotatable bonds is 8. The highest BCUT2D eigenvalue weighted by Gasteiger charge is 2.43. The lowest BCUT2D eigenvalue weighted by molar-refractivity contribution is -0.145. The van der Waals surface area contributed by atoms with Crippen molar-refractivity contribution in [2.45, 2.75) is 78.4 Å². The van der Waals surface area contributed by atoms with E-state index in [0.29, 0.717) is 28.3 Å². The van der Waals surface area contributed by atoms with Crippen LogP contribution in [-0.4, -0.2) is 63.1 Å². The number of H-pyrrole nitrogens is 1. The lowest BCUT2D eigenvalue weighted by Crippen LogP contribution is -2.62. The van der Waals surface area contributed by atoms with Crippen LogP contribution < -0.4 is 10.9 Å². The summed E-state index contributed by atoms with van der Waals surface area (Å²) in [4.78, 5) is 50.8. The first kappa shape index (κ1) is 34.2. The highest BCUT2D eigenvalue weighted by atomic mass is 16.5. The van der Waals surface area contributed by atoms with Crippen LogP contribution in [0.1, 0.15) is 80.9 Å². The molecule has 1 atom stereocenters. The van der Waals surface area contributed by atoms with Gasteiger partial charge in [0, 0.05) is 28.2 Å². The van der Waals surface area contributed by atoms with Gasteiger partial charge in [-0.15, -0.1) is 0 Å². The summed E-state index contributed by atoms with van der Waals surface area (Å²) in [6.07, 6.45) is 4.75. The molecule has 1 aliphatic heterocycles. The molecule has 3 aromatic heterocycles. The van der Waals surface area contributed by atoms with E-state index in [1.165, 1.54) is 23.9 Å². The number of aromatic amines is 1. The van der Waals surface area contributed by atoms with Crippen LogP contribution >= 0.6 is 0 Å². The van der Waals surface area contributed by atoms with Crippen molar-refractivity contribution in [3.05, 3.63) is 88.3 Å². The number of likely N-dealkylation sites (tertiary alicyclic amines) is 1. The number of nitrogens with one attached hydrogen (secondary N) is 2. The van der Waals surface area contributed by atoms with Crippen molar-refractivity contribution in [2.24, 2.45) is 5.92 Å². The Labute approximate surface area is 268 Å². The molecule has 1 aromatic carbocycles. The van der Waals surface area contributed by atoms with E-state index in [9.17, 15) is 19.2 Å². The lowest BCUT2D eigenvalue weighted by atomic mass is 9.77. The molecule has 1 aliphatic rings. The van der Waals surface area contributed by atoms with Gasteiger partial charge in [0.2, 0.25) is 5.78 Å². The second-order valence-electron chi connectivity index (χ2n) is 12.9. The molecule has 4 heterocycles. The van der Waals surface area contributed by atoms with E-state index < -0.39 is 11.9 Å². The zero-order chi connectivity index (χ0) is 33.8. The van der Waals surface area contributed by atoms with Crippen LogP contribution in [0.3, 0.4) is 0 Å². The van der Waals surface area contributed by atoms with Crippen LogP contribution in [0.15, 0.2) is 74.7 Å². The fourth-order valence-electron chi connectivity index (χ4n) is 5.87. The summed E-state index contributed by atoms with van der Waals surface area (Å²) in [5, 5.41) is 6.33. The average Bonchev–Trinajstić information content (AvgIpc) is 3.79. The number of hydrogen-bond donors (Lipinski definition) is 2. The first-order valence-corrected chi connectivity index (χ1v) is 15.4. The quantitative estimate of drug-likeness (QED) is 0.142. The topological polar surface area (TPSA) is 140 Å². The molecule has 11 heteroatoms. The maximum atomic E-state index is 12.9. The van der Waals surface area contributed by atoms with E-state index >= 15 is 0 Å². The van der Waals surface area contributed by atoms with Gasteiger partial charge in [-0.25, -0.2) is 4.68 Å². The summed E-state index contributed by atoms with van der Waals surface area (Å²) in [6, 6.07) is 13.9. The van der Waals surface area contributed by atoms with E-state index in [-0.39, 0.29) is 46.7 Å². The molecule has 246 valence electrons. The molecule has 46 heavy (non-hydrogen) atoms. The van der Waals surface area contributed by atoms with Gasteiger partial charge in [-0.1, -0.05) is 0 Å². The molecule has 0 radical (unpaired) electrons. The third-order valence-electron chi connectivity index (χ3n) is 8.72. The van der Waals surface area contributed by atoms with E-state index in [1.807, 2.05) is 6.07 Å². The van der Waals surface area contributed by atoms with Gasteiger partial charge in [0.1, 0.15) is 11.6 Å². The number of esters is 1. The van der Waals surface area contributed by atoms with Crippen molar-refractivity contribution in [2.75, 3.05) is 13.7 Å². The van der Waals surface area contributed by atoms with Gasteiger partial charge in [-0.05, 0) is 117 Å². The maximum Gasteiger partial charge on any atom is 0.316 e. The minimum absolute atomic E-state index is 0.00188. The molecular formula is C35H44N4O7. The number of ketones is 1. The molecule has 0 aliphatic carbocycles. The Bertz CT molecular complexity index is 1680. The van der Waals surface area contributed by atoms with Gasteiger partial charge in [0.15, 0.2) is 11.5 Å². The molecule has 2 N–H and O–H groups in total. The second-order valence-corrected chi connectivity index (χ2v) is 12.9. The van der Waals surface area contributed by atoms with Crippen LogP contribution in [0.25, 0.3) is 17.1 Å². The summed E-state index contributed by atoms with van der Waals surface area (Å²) in [5.41, 5.74) is 2.32. The Kier molecular flexibility index (Phi) is 10.3. The Hall–Kier alpha value is -4.64. The van der Waals surface area contributed by atoms with Crippen LogP contribution in [0.4, 0.5) is 0 Å². The third kappa shape index (κ3) is 7.42. The molecule has 1 amide bonds. The number of nitrogens with zero attached hydrogens (tertiary/aromatic N) is 2. The molecule has 0 bridgehead atoms. The van der Waals surface area contributed by atoms with Gasteiger partial charge >= 0.3 is 5.97 Å². The summed E-state index contributed by atoms with van der Waals surface area (Å²) in [5.74, 6) is -0.976. The van der Waals surface area contributed by atoms with E-state index in [1.54, 1.807) is 56.5 Å². The Morgan fingerprint density at radius 3 is 2.15 bits per heavy atom. The van der Waals surface area contributed by atoms with E-state index in [4.69, 9.17) is 13.6 Å². The lowest BCUT2D eigenvalue weighted by Gasteiger charge is -2.53. The third-order valence-corrected chi connectivity index (χ3v) is 8.72. The monoisotopic (exact) mass is 632 g/mol. The van der Waals surface area contributed by atoms with Gasteiger partial charge in [-0.2, -0.15) is 0 Å². The van der Waals surface area contributed by atoms with Gasteiger partial charge in [0.05, 0.1) is 24.8 Å². The van der Waals surface area contributed by atoms with Crippen LogP contribution in [0.5, 0.6) is 0 Å². The molecule has 0 spiro atoms. The van der Waals surface area contributed by atoms with Crippen molar-refractivity contribution in [1.29, 1.82) is 0 Å². The summed E-state index contributed by atoms with van der Waals surface area (Å²) < 4.78 is 16.5. The van der Waals surface area contributed by atoms with Gasteiger partial charge < -0.3 is 18.9 Å². The number of benzene rings is 1. The molecule has 11 nitrogen and oxygen atoms in total. The first-order valence-electron chi connectivity index (χ1n) is 15.4. The molecule has 1 unspecified atom stereocenters. The number of carbonyl (C=O) groups excluding carboxylic acids is 3. The SMILES string of the molecule is CCOC(=O)C(C)C(=O)c1ccco1.Cc1c(-c2ccco2)[nH]n(-c2ccc(C(=O)NC3CC(C)(C)N(C)C(C)(C)C3)cc2)c1=O. The van der Waals surface area contributed by atoms with Gasteiger partial charge in [0.25, 0.3) is 11.5 Å². The summed E-state index contributed by atoms with van der Waals surface area (Å²) in [7, 11) is 2.15. The second kappa shape index (κ2) is 13.8. The van der Waals surface area contributed by atoms with Crippen molar-refractivity contribution in [1.82, 2.24) is 20.0 Å². The molecule has 1 saturated heterocycles. The molecule has 1 fully saturated rings. The Balaban J connectivity index is 0.000000288. The number of furan rings is 2. The fourth-order valence-corrected chi connectivity index (χ4v) is 5.87. The van der Waals surface area contributed by atoms with Crippen LogP contribution in [-0.2, 0) is 9.53 Å². The average molecular weight is 633 g/mol. The predicted octanol–water partition coefficient (Wildman–Crippen LogP) is 5.78. The molecule has 0 saturated carbocycles. The number of hydrogen-bond acceptors (Lipinski definition) is 8. The molecular weight excluding hydrogens is 588 g/mol. The van der Waals surface area contributed by atoms with Crippen molar-refractivity contribution < 1.29 is 28.0 Å². The van der Waals surface area contributed by atoms with E-state index in [2.05, 4.69) is 50.1 Å². The largest absolute Gasteiger partial charge is 0.465 e. The Morgan fingerprint density at radius 2 is 1.61 bits per heavy atom. The molecule has 4 aromatic rings. The summed E-state index contributed by atoms with van der Waals surface area (Å²) >= 11 is 0. The number of Topliss-reactive ketones (excluding diaryl/α,β-unsaturated/α-hetero) is 1. The van der Waals surface area contributed by atoms with Crippen LogP contribution in [0, 0.1) is 12.8 Å². The predicted molar refractivity (Wildman–Crippen MR) is 174 cm³/mol. The number of ether oxygens (including phenoxy) is 1. The zero-order valence-corrected chi connectivity index (χ0v) is 27.8. The van der Waals surface area contributed by atoms with Crippen molar-refractivity contribution in [3.8, 4) is 17.1 Å². The number of piperidine rings is 1. The van der Waals surface area contributed by atoms with Gasteiger partial charge in [-0.3, -0.25) is 29.2 Å². The Morgan fingerprint density at radius 1 is 1.00 bits per heavy atom. The number of carbonyl (C=O) groups is 3.